The Morgan fingerprint density at radius 2 is 1.77 bits per heavy atom. The zero-order chi connectivity index (χ0) is 18.9. The summed E-state index contributed by atoms with van der Waals surface area (Å²) in [6.07, 6.45) is 0.961. The molecule has 0 fully saturated rings. The van der Waals surface area contributed by atoms with Gasteiger partial charge < -0.3 is 5.32 Å². The molecule has 0 radical (unpaired) electrons. The highest BCUT2D eigenvalue weighted by Gasteiger charge is 2.07. The average molecular weight is 390 g/mol. The van der Waals surface area contributed by atoms with E-state index >= 15 is 0 Å². The van der Waals surface area contributed by atoms with Crippen LogP contribution < -0.4 is 16.2 Å². The molecule has 0 aliphatic heterocycles. The predicted octanol–water partition coefficient (Wildman–Crippen LogP) is 2.90. The molecule has 0 unspecified atom stereocenters. The van der Waals surface area contributed by atoms with E-state index in [0.717, 1.165) is 40.8 Å². The molecule has 2 aromatic rings. The fraction of sp³-hybridized carbons (Fsp3) is 0.333. The molecule has 0 aliphatic rings. The van der Waals surface area contributed by atoms with Crippen LogP contribution in [0.25, 0.3) is 0 Å². The van der Waals surface area contributed by atoms with E-state index in [1.54, 1.807) is 23.9 Å². The third-order valence-electron chi connectivity index (χ3n) is 3.37. The quantitative estimate of drug-likeness (QED) is 0.303. The van der Waals surface area contributed by atoms with Crippen molar-refractivity contribution in [2.45, 2.75) is 38.1 Å². The van der Waals surface area contributed by atoms with Gasteiger partial charge in [-0.05, 0) is 56.2 Å². The summed E-state index contributed by atoms with van der Waals surface area (Å²) in [5.74, 6) is 0.510. The minimum Gasteiger partial charge on any atom is -0.361 e. The summed E-state index contributed by atoms with van der Waals surface area (Å²) in [5.41, 5.74) is 8.86. The lowest BCUT2D eigenvalue weighted by Crippen LogP contribution is -2.46. The summed E-state index contributed by atoms with van der Waals surface area (Å²) in [5, 5.41) is 4.15. The highest BCUT2D eigenvalue weighted by Crippen LogP contribution is 2.20. The van der Waals surface area contributed by atoms with Gasteiger partial charge in [0.25, 0.3) is 5.91 Å². The van der Waals surface area contributed by atoms with Crippen molar-refractivity contribution in [1.29, 1.82) is 0 Å². The van der Waals surface area contributed by atoms with E-state index in [4.69, 9.17) is 12.2 Å². The maximum Gasteiger partial charge on any atom is 0.269 e. The van der Waals surface area contributed by atoms with Crippen molar-refractivity contribution < 1.29 is 4.79 Å². The predicted molar refractivity (Wildman–Crippen MR) is 109 cm³/mol. The summed E-state index contributed by atoms with van der Waals surface area (Å²) in [4.78, 5) is 20.9. The SMILES string of the molecule is CCCNC(=S)NNC(=O)c1ccc(CSc2nc(C)cc(C)n2)cc1. The Labute approximate surface area is 163 Å². The summed E-state index contributed by atoms with van der Waals surface area (Å²) in [6.45, 7) is 6.73. The van der Waals surface area contributed by atoms with Crippen LogP contribution in [0.4, 0.5) is 0 Å². The monoisotopic (exact) mass is 389 g/mol. The first-order chi connectivity index (χ1) is 12.5. The zero-order valence-electron chi connectivity index (χ0n) is 15.1. The Bertz CT molecular complexity index is 744. The highest BCUT2D eigenvalue weighted by atomic mass is 32.2. The molecule has 0 saturated carbocycles. The molecule has 1 heterocycles. The zero-order valence-corrected chi connectivity index (χ0v) is 16.8. The van der Waals surface area contributed by atoms with Crippen molar-refractivity contribution in [1.82, 2.24) is 26.1 Å². The molecule has 0 saturated heterocycles. The number of aryl methyl sites for hydroxylation is 2. The van der Waals surface area contributed by atoms with Gasteiger partial charge in [-0.2, -0.15) is 0 Å². The first kappa shape index (κ1) is 20.1. The standard InChI is InChI=1S/C18H23N5OS2/c1-4-9-19-17(25)23-22-16(24)15-7-5-14(6-8-15)11-26-18-20-12(2)10-13(3)21-18/h5-8,10H,4,9,11H2,1-3H3,(H,22,24)(H2,19,23,25). The van der Waals surface area contributed by atoms with Crippen LogP contribution in [0.1, 0.15) is 40.7 Å². The van der Waals surface area contributed by atoms with Gasteiger partial charge in [-0.3, -0.25) is 15.6 Å². The maximum atomic E-state index is 12.1. The van der Waals surface area contributed by atoms with E-state index in [1.165, 1.54) is 0 Å². The number of carbonyl (C=O) groups excluding carboxylic acids is 1. The Kier molecular flexibility index (Phi) is 7.80. The Balaban J connectivity index is 1.85. The number of rotatable bonds is 6. The molecule has 26 heavy (non-hydrogen) atoms. The normalized spacial score (nSPS) is 10.3. The molecule has 2 rings (SSSR count). The number of thioether (sulfide) groups is 1. The second kappa shape index (κ2) is 10.1. The van der Waals surface area contributed by atoms with Crippen molar-refractivity contribution in [3.8, 4) is 0 Å². The number of hydrazine groups is 1. The van der Waals surface area contributed by atoms with Crippen LogP contribution in [-0.2, 0) is 5.75 Å². The van der Waals surface area contributed by atoms with Gasteiger partial charge in [0.15, 0.2) is 10.3 Å². The molecule has 1 amide bonds. The Morgan fingerprint density at radius 1 is 1.12 bits per heavy atom. The molecule has 1 aromatic carbocycles. The van der Waals surface area contributed by atoms with Gasteiger partial charge in [0.2, 0.25) is 0 Å². The van der Waals surface area contributed by atoms with E-state index in [0.29, 0.717) is 10.7 Å². The number of nitrogens with zero attached hydrogens (tertiary/aromatic N) is 2. The number of thiocarbonyl (C=S) groups is 1. The number of amides is 1. The number of nitrogens with one attached hydrogen (secondary N) is 3. The smallest absolute Gasteiger partial charge is 0.269 e. The number of hydrogen-bond donors (Lipinski definition) is 3. The van der Waals surface area contributed by atoms with Crippen molar-refractivity contribution in [2.24, 2.45) is 0 Å². The summed E-state index contributed by atoms with van der Waals surface area (Å²) < 4.78 is 0. The first-order valence-electron chi connectivity index (χ1n) is 8.36. The molecule has 1 aromatic heterocycles. The van der Waals surface area contributed by atoms with Crippen LogP contribution in [0.2, 0.25) is 0 Å². The Hall–Kier alpha value is -2.19. The van der Waals surface area contributed by atoms with Crippen LogP contribution >= 0.6 is 24.0 Å². The van der Waals surface area contributed by atoms with E-state index in [2.05, 4.69) is 26.1 Å². The van der Waals surface area contributed by atoms with Gasteiger partial charge in [0.1, 0.15) is 0 Å². The summed E-state index contributed by atoms with van der Waals surface area (Å²) in [6, 6.07) is 9.39. The fourth-order valence-electron chi connectivity index (χ4n) is 2.13. The minimum absolute atomic E-state index is 0.234. The van der Waals surface area contributed by atoms with Gasteiger partial charge in [0, 0.05) is 29.2 Å². The fourth-order valence-corrected chi connectivity index (χ4v) is 3.19. The molecule has 0 spiro atoms. The van der Waals surface area contributed by atoms with Gasteiger partial charge in [-0.25, -0.2) is 9.97 Å². The van der Waals surface area contributed by atoms with Crippen molar-refractivity contribution in [3.05, 3.63) is 52.8 Å². The molecule has 138 valence electrons. The van der Waals surface area contributed by atoms with Crippen molar-refractivity contribution in [2.75, 3.05) is 6.54 Å². The largest absolute Gasteiger partial charge is 0.361 e. The van der Waals surface area contributed by atoms with Gasteiger partial charge >= 0.3 is 0 Å². The van der Waals surface area contributed by atoms with Crippen LogP contribution in [0.3, 0.4) is 0 Å². The van der Waals surface area contributed by atoms with Gasteiger partial charge in [-0.1, -0.05) is 30.8 Å². The van der Waals surface area contributed by atoms with E-state index < -0.39 is 0 Å². The molecule has 0 aliphatic carbocycles. The van der Waals surface area contributed by atoms with E-state index in [1.807, 2.05) is 39.0 Å². The van der Waals surface area contributed by atoms with Crippen molar-refractivity contribution in [3.63, 3.8) is 0 Å². The minimum atomic E-state index is -0.234. The maximum absolute atomic E-state index is 12.1. The van der Waals surface area contributed by atoms with Crippen LogP contribution in [0, 0.1) is 13.8 Å². The lowest BCUT2D eigenvalue weighted by Gasteiger charge is -2.11. The number of benzene rings is 1. The molecular weight excluding hydrogens is 366 g/mol. The van der Waals surface area contributed by atoms with Gasteiger partial charge in [-0.15, -0.1) is 0 Å². The van der Waals surface area contributed by atoms with Crippen molar-refractivity contribution >= 4 is 35.0 Å². The second-order valence-corrected chi connectivity index (χ2v) is 7.10. The number of aromatic nitrogens is 2. The van der Waals surface area contributed by atoms with Gasteiger partial charge in [0.05, 0.1) is 0 Å². The lowest BCUT2D eigenvalue weighted by molar-refractivity contribution is 0.0943. The highest BCUT2D eigenvalue weighted by molar-refractivity contribution is 7.98. The third-order valence-corrected chi connectivity index (χ3v) is 4.54. The summed E-state index contributed by atoms with van der Waals surface area (Å²) in [7, 11) is 0. The van der Waals surface area contributed by atoms with Crippen LogP contribution in [-0.4, -0.2) is 27.5 Å². The molecule has 8 heteroatoms. The number of carbonyl (C=O) groups is 1. The summed E-state index contributed by atoms with van der Waals surface area (Å²) >= 11 is 6.63. The molecule has 0 atom stereocenters. The molecule has 3 N–H and O–H groups in total. The molecular formula is C18H23N5OS2. The van der Waals surface area contributed by atoms with E-state index in [9.17, 15) is 4.79 Å². The second-order valence-electron chi connectivity index (χ2n) is 5.75. The number of hydrogen-bond acceptors (Lipinski definition) is 5. The van der Waals surface area contributed by atoms with E-state index in [-0.39, 0.29) is 5.91 Å². The Morgan fingerprint density at radius 3 is 2.38 bits per heavy atom. The molecule has 0 bridgehead atoms. The molecule has 6 nitrogen and oxygen atoms in total. The topological polar surface area (TPSA) is 78.9 Å². The third kappa shape index (κ3) is 6.61. The van der Waals surface area contributed by atoms with Crippen LogP contribution in [0.15, 0.2) is 35.5 Å². The van der Waals surface area contributed by atoms with Crippen LogP contribution in [0.5, 0.6) is 0 Å². The average Bonchev–Trinajstić information content (AvgIpc) is 2.62. The lowest BCUT2D eigenvalue weighted by atomic mass is 10.1. The first-order valence-corrected chi connectivity index (χ1v) is 9.75.